The SMILES string of the molecule is Cc1ncsc1-c1ccc(CNC(=O)[C@@H]2C[C@@H](OC(=O)CCC(=O)OCCOCCOCCOCCOCCO)CN2C(=O)[C@@H](NC(=O)COCCOCCOCCNC(=O)C[C@@H]2N=C(c3ccc(Cl)cc3)c3c(sc(C)c3C)-n3c(C)nnc32)C(C)(C)C)cc1. The zero-order chi connectivity index (χ0) is 65.3. The van der Waals surface area contributed by atoms with Gasteiger partial charge < -0.3 is 68.6 Å². The predicted molar refractivity (Wildman–Crippen MR) is 339 cm³/mol. The van der Waals surface area contributed by atoms with Gasteiger partial charge in [0.15, 0.2) is 5.82 Å². The van der Waals surface area contributed by atoms with Crippen LogP contribution in [0.3, 0.4) is 0 Å². The topological polar surface area (TPSA) is 301 Å². The summed E-state index contributed by atoms with van der Waals surface area (Å²) in [4.78, 5) is 94.2. The van der Waals surface area contributed by atoms with Crippen molar-refractivity contribution in [1.29, 1.82) is 0 Å². The highest BCUT2D eigenvalue weighted by molar-refractivity contribution is 7.15. The average molecular weight is 1320 g/mol. The number of esters is 2. The summed E-state index contributed by atoms with van der Waals surface area (Å²) in [5, 5.41) is 27.8. The summed E-state index contributed by atoms with van der Waals surface area (Å²) < 4.78 is 51.3. The molecule has 0 unspecified atom stereocenters. The van der Waals surface area contributed by atoms with Crippen LogP contribution in [0.25, 0.3) is 15.4 Å². The maximum absolute atomic E-state index is 14.6. The molecule has 1 fully saturated rings. The van der Waals surface area contributed by atoms with E-state index in [-0.39, 0.29) is 117 Å². The summed E-state index contributed by atoms with van der Waals surface area (Å²) >= 11 is 9.42. The van der Waals surface area contributed by atoms with Gasteiger partial charge >= 0.3 is 11.9 Å². The van der Waals surface area contributed by atoms with Gasteiger partial charge in [0, 0.05) is 40.5 Å². The first-order chi connectivity index (χ1) is 43.8. The van der Waals surface area contributed by atoms with E-state index >= 15 is 0 Å². The van der Waals surface area contributed by atoms with Gasteiger partial charge in [0.25, 0.3) is 0 Å². The third-order valence-corrected chi connectivity index (χ3v) is 17.1. The number of thiophene rings is 1. The number of ether oxygens (including phenoxy) is 9. The highest BCUT2D eigenvalue weighted by atomic mass is 35.5. The van der Waals surface area contributed by atoms with E-state index in [0.29, 0.717) is 49.7 Å². The molecule has 25 nitrogen and oxygen atoms in total. The number of fused-ring (bicyclic) bond motifs is 3. The monoisotopic (exact) mass is 1320 g/mol. The van der Waals surface area contributed by atoms with Crippen LogP contribution in [0.4, 0.5) is 0 Å². The van der Waals surface area contributed by atoms with E-state index in [9.17, 15) is 28.8 Å². The van der Waals surface area contributed by atoms with Gasteiger partial charge in [-0.05, 0) is 61.9 Å². The fraction of sp³-hybridized carbons (Fsp3) is 0.556. The molecule has 91 heavy (non-hydrogen) atoms. The Bertz CT molecular complexity index is 3210. The first-order valence-electron chi connectivity index (χ1n) is 30.3. The summed E-state index contributed by atoms with van der Waals surface area (Å²) in [7, 11) is 0. The molecule has 4 N–H and O–H groups in total. The Kier molecular flexibility index (Phi) is 28.9. The lowest BCUT2D eigenvalue weighted by Crippen LogP contribution is -2.58. The molecule has 5 heterocycles. The minimum absolute atomic E-state index is 0.0334. The first kappa shape index (κ1) is 71.8. The van der Waals surface area contributed by atoms with Gasteiger partial charge in [-0.1, -0.05) is 68.8 Å². The number of aliphatic hydroxyl groups is 1. The fourth-order valence-corrected chi connectivity index (χ4v) is 12.0. The number of aliphatic hydroxyl groups excluding tert-OH is 1. The van der Waals surface area contributed by atoms with Crippen LogP contribution in [0, 0.1) is 33.1 Å². The van der Waals surface area contributed by atoms with Crippen molar-refractivity contribution in [2.75, 3.05) is 119 Å². The molecule has 0 radical (unpaired) electrons. The summed E-state index contributed by atoms with van der Waals surface area (Å²) in [6, 6.07) is 12.4. The van der Waals surface area contributed by atoms with Crippen molar-refractivity contribution in [3.63, 3.8) is 0 Å². The number of thiazole rings is 1. The molecule has 28 heteroatoms. The second-order valence-corrected chi connectivity index (χ2v) is 25.0. The Morgan fingerprint density at radius 1 is 0.725 bits per heavy atom. The molecule has 2 aliphatic rings. The van der Waals surface area contributed by atoms with E-state index in [2.05, 4.69) is 45.0 Å². The third kappa shape index (κ3) is 22.0. The zero-order valence-corrected chi connectivity index (χ0v) is 55.1. The molecule has 7 rings (SSSR count). The maximum Gasteiger partial charge on any atom is 0.306 e. The van der Waals surface area contributed by atoms with E-state index in [1.165, 1.54) is 16.2 Å². The van der Waals surface area contributed by atoms with Gasteiger partial charge in [-0.2, -0.15) is 0 Å². The van der Waals surface area contributed by atoms with Crippen molar-refractivity contribution >= 4 is 75.6 Å². The number of hydrogen-bond acceptors (Lipinski definition) is 22. The van der Waals surface area contributed by atoms with Crippen molar-refractivity contribution < 1.29 is 76.5 Å². The number of carbonyl (C=O) groups excluding carboxylic acids is 6. The first-order valence-corrected chi connectivity index (χ1v) is 32.4. The van der Waals surface area contributed by atoms with Crippen LogP contribution in [0.1, 0.15) is 97.0 Å². The van der Waals surface area contributed by atoms with Crippen LogP contribution in [0.5, 0.6) is 0 Å². The van der Waals surface area contributed by atoms with Gasteiger partial charge in [-0.15, -0.1) is 32.9 Å². The van der Waals surface area contributed by atoms with Gasteiger partial charge in [0.05, 0.1) is 140 Å². The molecule has 3 aromatic heterocycles. The van der Waals surface area contributed by atoms with Crippen molar-refractivity contribution in [2.45, 2.75) is 105 Å². The van der Waals surface area contributed by atoms with E-state index < -0.39 is 65.9 Å². The molecule has 0 spiro atoms. The largest absolute Gasteiger partial charge is 0.463 e. The number of aromatic nitrogens is 4. The molecule has 1 saturated heterocycles. The van der Waals surface area contributed by atoms with E-state index in [0.717, 1.165) is 54.0 Å². The molecule has 0 bridgehead atoms. The molecule has 496 valence electrons. The number of halogens is 1. The predicted octanol–water partition coefficient (Wildman–Crippen LogP) is 5.53. The smallest absolute Gasteiger partial charge is 0.306 e. The number of aliphatic imine (C=N–C) groups is 1. The lowest BCUT2D eigenvalue weighted by atomic mass is 9.85. The van der Waals surface area contributed by atoms with Crippen LogP contribution in [-0.2, 0) is 77.9 Å². The number of likely N-dealkylation sites (tertiary alicyclic amines) is 1. The lowest BCUT2D eigenvalue weighted by molar-refractivity contribution is -0.154. The lowest BCUT2D eigenvalue weighted by Gasteiger charge is -2.35. The molecule has 0 saturated carbocycles. The van der Waals surface area contributed by atoms with Crippen LogP contribution >= 0.6 is 34.3 Å². The minimum Gasteiger partial charge on any atom is -0.463 e. The van der Waals surface area contributed by atoms with Crippen LogP contribution in [0.2, 0.25) is 5.02 Å². The highest BCUT2D eigenvalue weighted by Gasteiger charge is 2.46. The summed E-state index contributed by atoms with van der Waals surface area (Å²) in [6.07, 6.45) is -1.48. The van der Waals surface area contributed by atoms with Gasteiger partial charge in [0.1, 0.15) is 48.3 Å². The quantitative estimate of drug-likeness (QED) is 0.0279. The number of benzene rings is 2. The number of amides is 4. The summed E-state index contributed by atoms with van der Waals surface area (Å²) in [5.41, 5.74) is 7.37. The number of rotatable bonds is 38. The number of aryl methyl sites for hydroxylation is 3. The molecular weight excluding hydrogens is 1240 g/mol. The van der Waals surface area contributed by atoms with Crippen molar-refractivity contribution in [3.05, 3.63) is 104 Å². The van der Waals surface area contributed by atoms with E-state index in [1.807, 2.05) is 66.9 Å². The Hall–Kier alpha value is -6.63. The Morgan fingerprint density at radius 2 is 1.33 bits per heavy atom. The number of nitrogens with zero attached hydrogens (tertiary/aromatic N) is 6. The molecule has 4 amide bonds. The zero-order valence-electron chi connectivity index (χ0n) is 52.7. The molecule has 5 aromatic rings. The van der Waals surface area contributed by atoms with E-state index in [4.69, 9.17) is 64.3 Å². The van der Waals surface area contributed by atoms with Gasteiger partial charge in [0.2, 0.25) is 23.6 Å². The number of carbonyl (C=O) groups is 6. The highest BCUT2D eigenvalue weighted by Crippen LogP contribution is 2.40. The normalized spacial score (nSPS) is 15.7. The number of nitrogens with one attached hydrogen (secondary N) is 3. The molecular formula is C63H84ClN9O16S2. The second-order valence-electron chi connectivity index (χ2n) is 22.5. The Balaban J connectivity index is 0.820. The van der Waals surface area contributed by atoms with Crippen LogP contribution in [0.15, 0.2) is 59.0 Å². The van der Waals surface area contributed by atoms with Gasteiger partial charge in [-0.25, -0.2) is 4.98 Å². The standard InChI is InChI=1S/C63H84ClN9O16S2/c1-40-42(3)91-62-55(40)56(45-12-14-47(64)15-13-45)68-49(59-71-70-43(4)73(59)62)35-51(75)65-18-20-81-22-24-85-30-31-87-38-52(76)69-58(63(5,6)7)61(80)72-37-48(34-50(72)60(79)66-36-44-8-10-46(11-9-44)57-41(2)67-39-90-57)89-54(78)17-16-53(77)88-33-32-86-29-28-84-27-26-83-25-23-82-21-19-74/h8-15,39,48-50,58,74H,16-38H2,1-7H3,(H,65,75)(H,66,79)(H,69,76)/t48-,49+,50+,58-/m1/s1. The van der Waals surface area contributed by atoms with E-state index in [1.54, 1.807) is 37.6 Å². The summed E-state index contributed by atoms with van der Waals surface area (Å²) in [5.74, 6) is -1.92. The van der Waals surface area contributed by atoms with Crippen molar-refractivity contribution in [2.24, 2.45) is 10.4 Å². The molecule has 4 atom stereocenters. The van der Waals surface area contributed by atoms with Gasteiger partial charge in [-0.3, -0.25) is 38.3 Å². The van der Waals surface area contributed by atoms with Crippen molar-refractivity contribution in [1.82, 2.24) is 40.6 Å². The Morgan fingerprint density at radius 3 is 1.96 bits per heavy atom. The maximum atomic E-state index is 14.6. The van der Waals surface area contributed by atoms with Crippen LogP contribution in [-0.4, -0.2) is 208 Å². The third-order valence-electron chi connectivity index (χ3n) is 14.7. The fourth-order valence-electron chi connectivity index (χ4n) is 9.86. The van der Waals surface area contributed by atoms with Crippen molar-refractivity contribution in [3.8, 4) is 15.4 Å². The Labute approximate surface area is 543 Å². The second kappa shape index (κ2) is 36.6. The molecule has 2 aromatic carbocycles. The van der Waals surface area contributed by atoms with Crippen LogP contribution < -0.4 is 16.0 Å². The average Bonchev–Trinajstić information content (AvgIpc) is 1.60. The summed E-state index contributed by atoms with van der Waals surface area (Å²) in [6.45, 7) is 16.4. The minimum atomic E-state index is -1.12. The molecule has 0 aliphatic carbocycles. The molecule has 2 aliphatic heterocycles. The number of hydrogen-bond donors (Lipinski definition) is 4.